The normalized spacial score (nSPS) is 14.6. The molecular formula is C19H20N4O6S. The Morgan fingerprint density at radius 3 is 2.30 bits per heavy atom. The third kappa shape index (κ3) is 4.48. The fourth-order valence-electron chi connectivity index (χ4n) is 2.71. The Labute approximate surface area is 173 Å². The molecule has 0 radical (unpaired) electrons. The molecule has 1 aliphatic heterocycles. The molecule has 2 N–H and O–H groups in total. The maximum absolute atomic E-state index is 12.4. The highest BCUT2D eigenvalue weighted by molar-refractivity contribution is 7.89. The van der Waals surface area contributed by atoms with E-state index in [2.05, 4.69) is 10.7 Å². The van der Waals surface area contributed by atoms with Crippen molar-refractivity contribution in [1.82, 2.24) is 9.89 Å². The quantitative estimate of drug-likeness (QED) is 0.663. The summed E-state index contributed by atoms with van der Waals surface area (Å²) in [6.45, 7) is 0. The van der Waals surface area contributed by atoms with E-state index in [1.54, 1.807) is 12.1 Å². The average Bonchev–Trinajstić information content (AvgIpc) is 2.75. The van der Waals surface area contributed by atoms with Crippen LogP contribution in [0.25, 0.3) is 0 Å². The largest absolute Gasteiger partial charge is 0.322 e. The molecule has 3 rings (SSSR count). The second kappa shape index (κ2) is 8.61. The fourth-order valence-corrected chi connectivity index (χ4v) is 3.68. The summed E-state index contributed by atoms with van der Waals surface area (Å²) < 4.78 is 25.1. The van der Waals surface area contributed by atoms with E-state index in [4.69, 9.17) is 4.84 Å². The van der Waals surface area contributed by atoms with Gasteiger partial charge in [-0.05, 0) is 48.5 Å². The first-order valence-corrected chi connectivity index (χ1v) is 10.3. The lowest BCUT2D eigenvalue weighted by Gasteiger charge is -2.27. The summed E-state index contributed by atoms with van der Waals surface area (Å²) in [4.78, 5) is 40.6. The number of sulfonamides is 1. The van der Waals surface area contributed by atoms with Gasteiger partial charge in [0.1, 0.15) is 0 Å². The molecule has 1 heterocycles. The van der Waals surface area contributed by atoms with Gasteiger partial charge in [0.2, 0.25) is 11.8 Å². The maximum Gasteiger partial charge on any atom is 0.264 e. The first-order chi connectivity index (χ1) is 14.2. The first-order valence-electron chi connectivity index (χ1n) is 8.89. The summed E-state index contributed by atoms with van der Waals surface area (Å²) in [7, 11) is -1.26. The van der Waals surface area contributed by atoms with Crippen molar-refractivity contribution < 1.29 is 27.6 Å². The monoisotopic (exact) mass is 432 g/mol. The van der Waals surface area contributed by atoms with Crippen molar-refractivity contribution in [2.75, 3.05) is 24.5 Å². The van der Waals surface area contributed by atoms with Crippen molar-refractivity contribution in [1.29, 1.82) is 0 Å². The van der Waals surface area contributed by atoms with E-state index in [1.807, 2.05) is 0 Å². The van der Waals surface area contributed by atoms with E-state index >= 15 is 0 Å². The predicted molar refractivity (Wildman–Crippen MR) is 108 cm³/mol. The summed E-state index contributed by atoms with van der Waals surface area (Å²) >= 11 is 0. The number of hydrogen-bond donors (Lipinski definition) is 2. The average molecular weight is 432 g/mol. The highest BCUT2D eigenvalue weighted by atomic mass is 32.2. The summed E-state index contributed by atoms with van der Waals surface area (Å²) in [6, 6.07) is 11.8. The molecule has 0 spiro atoms. The van der Waals surface area contributed by atoms with Gasteiger partial charge in [-0.3, -0.25) is 24.6 Å². The summed E-state index contributed by atoms with van der Waals surface area (Å²) in [5.74, 6) is -0.903. The number of anilines is 2. The van der Waals surface area contributed by atoms with Crippen molar-refractivity contribution >= 4 is 39.1 Å². The standard InChI is InChI=1S/C19H20N4O6S/c1-22(29-2)30(27,28)16-9-5-14(6-10-16)20-19(26)13-3-7-15(8-4-13)23-18(25)12-11-17(24)21-23/h3-10H,11-12H2,1-2H3,(H,20,26)(H,21,24). The number of hydrazine groups is 1. The predicted octanol–water partition coefficient (Wildman–Crippen LogP) is 1.28. The van der Waals surface area contributed by atoms with Gasteiger partial charge in [0.15, 0.2) is 0 Å². The van der Waals surface area contributed by atoms with Gasteiger partial charge in [-0.1, -0.05) is 4.47 Å². The Morgan fingerprint density at radius 2 is 1.70 bits per heavy atom. The molecule has 0 atom stereocenters. The molecule has 0 saturated carbocycles. The van der Waals surface area contributed by atoms with Gasteiger partial charge in [-0.2, -0.15) is 0 Å². The number of carbonyl (C=O) groups excluding carboxylic acids is 3. The van der Waals surface area contributed by atoms with Crippen LogP contribution in [0, 0.1) is 0 Å². The number of hydrogen-bond acceptors (Lipinski definition) is 6. The van der Waals surface area contributed by atoms with E-state index in [9.17, 15) is 22.8 Å². The molecule has 2 aromatic carbocycles. The van der Waals surface area contributed by atoms with Gasteiger partial charge < -0.3 is 5.32 Å². The van der Waals surface area contributed by atoms with Gasteiger partial charge in [0.05, 0.1) is 17.7 Å². The summed E-state index contributed by atoms with van der Waals surface area (Å²) in [6.07, 6.45) is 0.275. The molecule has 1 aliphatic rings. The van der Waals surface area contributed by atoms with Gasteiger partial charge in [-0.25, -0.2) is 13.4 Å². The zero-order chi connectivity index (χ0) is 21.9. The second-order valence-corrected chi connectivity index (χ2v) is 8.32. The van der Waals surface area contributed by atoms with Crippen molar-refractivity contribution in [3.63, 3.8) is 0 Å². The van der Waals surface area contributed by atoms with Crippen LogP contribution in [0.4, 0.5) is 11.4 Å². The van der Waals surface area contributed by atoms with Gasteiger partial charge in [-0.15, -0.1) is 0 Å². The number of amides is 3. The van der Waals surface area contributed by atoms with Gasteiger partial charge in [0.25, 0.3) is 15.9 Å². The van der Waals surface area contributed by atoms with E-state index in [0.29, 0.717) is 16.9 Å². The highest BCUT2D eigenvalue weighted by Gasteiger charge is 2.24. The van der Waals surface area contributed by atoms with Crippen LogP contribution in [-0.2, 0) is 24.4 Å². The van der Waals surface area contributed by atoms with Crippen molar-refractivity contribution in [3.8, 4) is 0 Å². The van der Waals surface area contributed by atoms with Gasteiger partial charge >= 0.3 is 0 Å². The molecule has 30 heavy (non-hydrogen) atoms. The van der Waals surface area contributed by atoms with Crippen LogP contribution < -0.4 is 15.8 Å². The fraction of sp³-hybridized carbons (Fsp3) is 0.211. The molecule has 10 nitrogen and oxygen atoms in total. The highest BCUT2D eigenvalue weighted by Crippen LogP contribution is 2.20. The van der Waals surface area contributed by atoms with Crippen molar-refractivity contribution in [2.24, 2.45) is 0 Å². The lowest BCUT2D eigenvalue weighted by molar-refractivity contribution is -0.130. The molecule has 1 fully saturated rings. The van der Waals surface area contributed by atoms with Crippen LogP contribution in [0.1, 0.15) is 23.2 Å². The topological polar surface area (TPSA) is 125 Å². The number of rotatable bonds is 6. The van der Waals surface area contributed by atoms with Crippen LogP contribution in [0.5, 0.6) is 0 Å². The number of hydroxylamine groups is 1. The number of benzene rings is 2. The lowest BCUT2D eigenvalue weighted by Crippen LogP contribution is -2.50. The SMILES string of the molecule is CON(C)S(=O)(=O)c1ccc(NC(=O)c2ccc(N3NC(=O)CCC3=O)cc2)cc1. The molecule has 0 aliphatic carbocycles. The Bertz CT molecular complexity index is 1070. The van der Waals surface area contributed by atoms with E-state index in [1.165, 1.54) is 50.6 Å². The molecule has 158 valence electrons. The molecule has 0 bridgehead atoms. The van der Waals surface area contributed by atoms with E-state index in [0.717, 1.165) is 9.48 Å². The minimum atomic E-state index is -3.77. The van der Waals surface area contributed by atoms with Gasteiger partial charge in [0, 0.05) is 31.1 Å². The lowest BCUT2D eigenvalue weighted by atomic mass is 10.1. The minimum Gasteiger partial charge on any atom is -0.322 e. The molecule has 11 heteroatoms. The zero-order valence-electron chi connectivity index (χ0n) is 16.3. The molecule has 0 aromatic heterocycles. The number of nitrogens with one attached hydrogen (secondary N) is 2. The van der Waals surface area contributed by atoms with Crippen LogP contribution in [-0.4, -0.2) is 44.8 Å². The summed E-state index contributed by atoms with van der Waals surface area (Å²) in [5, 5.41) is 3.82. The first kappa shape index (κ1) is 21.4. The molecule has 3 amide bonds. The maximum atomic E-state index is 12.4. The van der Waals surface area contributed by atoms with Crippen molar-refractivity contribution in [2.45, 2.75) is 17.7 Å². The Morgan fingerprint density at radius 1 is 1.07 bits per heavy atom. The van der Waals surface area contributed by atoms with Crippen LogP contribution in [0.3, 0.4) is 0 Å². The second-order valence-electron chi connectivity index (χ2n) is 6.39. The summed E-state index contributed by atoms with van der Waals surface area (Å²) in [5.41, 5.74) is 3.66. The van der Waals surface area contributed by atoms with E-state index < -0.39 is 15.9 Å². The Kier molecular flexibility index (Phi) is 6.15. The van der Waals surface area contributed by atoms with Crippen LogP contribution >= 0.6 is 0 Å². The number of nitrogens with zero attached hydrogens (tertiary/aromatic N) is 2. The molecular weight excluding hydrogens is 412 g/mol. The molecule has 1 saturated heterocycles. The Hall–Kier alpha value is -3.28. The Balaban J connectivity index is 1.69. The third-order valence-electron chi connectivity index (χ3n) is 4.45. The van der Waals surface area contributed by atoms with E-state index in [-0.39, 0.29) is 29.6 Å². The smallest absolute Gasteiger partial charge is 0.264 e. The van der Waals surface area contributed by atoms with Crippen molar-refractivity contribution in [3.05, 3.63) is 54.1 Å². The minimum absolute atomic E-state index is 0.0162. The molecule has 0 unspecified atom stereocenters. The van der Waals surface area contributed by atoms with Crippen LogP contribution in [0.15, 0.2) is 53.4 Å². The zero-order valence-corrected chi connectivity index (χ0v) is 17.1. The number of carbonyl (C=O) groups is 3. The van der Waals surface area contributed by atoms with Crippen LogP contribution in [0.2, 0.25) is 0 Å². The molecule has 2 aromatic rings. The third-order valence-corrected chi connectivity index (χ3v) is 6.14.